The minimum atomic E-state index is -0.544. The highest BCUT2D eigenvalue weighted by Crippen LogP contribution is 2.28. The number of nitrogens with zero attached hydrogens (tertiary/aromatic N) is 4. The van der Waals surface area contributed by atoms with Crippen molar-refractivity contribution in [2.75, 3.05) is 11.1 Å². The predicted molar refractivity (Wildman–Crippen MR) is 114 cm³/mol. The highest BCUT2D eigenvalue weighted by atomic mass is 32.2. The van der Waals surface area contributed by atoms with Crippen LogP contribution in [0.5, 0.6) is 0 Å². The molecule has 2 aromatic heterocycles. The van der Waals surface area contributed by atoms with E-state index in [9.17, 15) is 19.7 Å². The monoisotopic (exact) mass is 446 g/mol. The van der Waals surface area contributed by atoms with Crippen molar-refractivity contribution in [3.63, 3.8) is 0 Å². The van der Waals surface area contributed by atoms with E-state index in [1.54, 1.807) is 10.6 Å². The molecule has 0 fully saturated rings. The van der Waals surface area contributed by atoms with Gasteiger partial charge in [-0.05, 0) is 17.5 Å². The van der Waals surface area contributed by atoms with E-state index in [2.05, 4.69) is 15.5 Å². The Morgan fingerprint density at radius 2 is 2.00 bits per heavy atom. The van der Waals surface area contributed by atoms with Gasteiger partial charge in [0, 0.05) is 31.2 Å². The third-order valence-corrected chi connectivity index (χ3v) is 5.81. The molecule has 0 bridgehead atoms. The Kier molecular flexibility index (Phi) is 7.14. The van der Waals surface area contributed by atoms with E-state index in [0.717, 1.165) is 4.88 Å². The molecule has 2 heterocycles. The van der Waals surface area contributed by atoms with E-state index in [0.29, 0.717) is 23.3 Å². The lowest BCUT2D eigenvalue weighted by Crippen LogP contribution is -2.15. The quantitative estimate of drug-likeness (QED) is 0.276. The molecule has 3 N–H and O–H groups in total. The van der Waals surface area contributed by atoms with Crippen LogP contribution in [0.15, 0.2) is 46.9 Å². The molecule has 0 aliphatic heterocycles. The molecule has 0 aliphatic rings. The van der Waals surface area contributed by atoms with Gasteiger partial charge in [0.2, 0.25) is 11.8 Å². The van der Waals surface area contributed by atoms with Crippen molar-refractivity contribution in [1.82, 2.24) is 14.8 Å². The van der Waals surface area contributed by atoms with Crippen LogP contribution >= 0.6 is 23.1 Å². The molecule has 0 spiro atoms. The molecule has 2 amide bonds. The van der Waals surface area contributed by atoms with Crippen molar-refractivity contribution in [3.8, 4) is 10.7 Å². The number of aromatic nitrogens is 3. The fraction of sp³-hybridized carbons (Fsp3) is 0.222. The van der Waals surface area contributed by atoms with Crippen LogP contribution in [0, 0.1) is 10.1 Å². The smallest absolute Gasteiger partial charge is 0.292 e. The minimum absolute atomic E-state index is 0.119. The maximum atomic E-state index is 12.2. The number of amides is 2. The van der Waals surface area contributed by atoms with Crippen molar-refractivity contribution < 1.29 is 14.5 Å². The molecular weight excluding hydrogens is 428 g/mol. The molecule has 0 radical (unpaired) electrons. The van der Waals surface area contributed by atoms with Crippen LogP contribution in [0.2, 0.25) is 0 Å². The molecule has 0 saturated heterocycles. The van der Waals surface area contributed by atoms with Crippen molar-refractivity contribution in [2.24, 2.45) is 5.73 Å². The summed E-state index contributed by atoms with van der Waals surface area (Å²) in [6.07, 6.45) is 0.260. The normalized spacial score (nSPS) is 10.7. The van der Waals surface area contributed by atoms with Gasteiger partial charge in [-0.25, -0.2) is 0 Å². The number of carbonyl (C=O) groups is 2. The fourth-order valence-electron chi connectivity index (χ4n) is 2.59. The van der Waals surface area contributed by atoms with Crippen molar-refractivity contribution in [1.29, 1.82) is 0 Å². The summed E-state index contributed by atoms with van der Waals surface area (Å²) in [4.78, 5) is 34.9. The number of carbonyl (C=O) groups excluding carboxylic acids is 2. The van der Waals surface area contributed by atoms with Crippen molar-refractivity contribution >= 4 is 46.3 Å². The predicted octanol–water partition coefficient (Wildman–Crippen LogP) is 2.91. The van der Waals surface area contributed by atoms with E-state index in [4.69, 9.17) is 5.73 Å². The highest BCUT2D eigenvalue weighted by Gasteiger charge is 2.17. The molecule has 0 saturated carbocycles. The summed E-state index contributed by atoms with van der Waals surface area (Å²) < 4.78 is 1.81. The molecule has 3 rings (SSSR count). The second-order valence-electron chi connectivity index (χ2n) is 6.07. The maximum absolute atomic E-state index is 12.2. The van der Waals surface area contributed by atoms with Gasteiger partial charge >= 0.3 is 0 Å². The lowest BCUT2D eigenvalue weighted by atomic mass is 10.2. The minimum Gasteiger partial charge on any atom is -0.370 e. The molecule has 30 heavy (non-hydrogen) atoms. The van der Waals surface area contributed by atoms with Crippen LogP contribution in [-0.4, -0.2) is 37.3 Å². The largest absolute Gasteiger partial charge is 0.370 e. The SMILES string of the molecule is NC(=O)CCn1c(SCCC(=O)Nc2ccccc2[N+](=O)[O-])nnc1-c1cccs1. The zero-order chi connectivity index (χ0) is 21.5. The van der Waals surface area contributed by atoms with Gasteiger partial charge < -0.3 is 15.6 Å². The summed E-state index contributed by atoms with van der Waals surface area (Å²) in [6, 6.07) is 9.77. The zero-order valence-electron chi connectivity index (χ0n) is 15.7. The van der Waals surface area contributed by atoms with Gasteiger partial charge in [0.15, 0.2) is 11.0 Å². The number of primary amides is 1. The first-order valence-electron chi connectivity index (χ1n) is 8.87. The molecule has 10 nitrogen and oxygen atoms in total. The van der Waals surface area contributed by atoms with Crippen molar-refractivity contribution in [3.05, 3.63) is 51.9 Å². The van der Waals surface area contributed by atoms with Gasteiger partial charge in [0.1, 0.15) is 5.69 Å². The summed E-state index contributed by atoms with van der Waals surface area (Å²) in [5, 5.41) is 24.5. The number of thioether (sulfide) groups is 1. The Hall–Kier alpha value is -3.25. The Morgan fingerprint density at radius 3 is 2.70 bits per heavy atom. The number of anilines is 1. The summed E-state index contributed by atoms with van der Waals surface area (Å²) >= 11 is 2.82. The van der Waals surface area contributed by atoms with E-state index < -0.39 is 10.8 Å². The number of benzene rings is 1. The summed E-state index contributed by atoms with van der Waals surface area (Å²) in [5.74, 6) is 0.239. The molecule has 3 aromatic rings. The number of thiophene rings is 1. The van der Waals surface area contributed by atoms with Gasteiger partial charge in [-0.15, -0.1) is 21.5 Å². The van der Waals surface area contributed by atoms with Gasteiger partial charge in [0.25, 0.3) is 5.69 Å². The zero-order valence-corrected chi connectivity index (χ0v) is 17.3. The number of hydrogen-bond acceptors (Lipinski definition) is 8. The number of para-hydroxylation sites is 2. The van der Waals surface area contributed by atoms with Crippen LogP contribution in [0.4, 0.5) is 11.4 Å². The van der Waals surface area contributed by atoms with Crippen LogP contribution in [0.1, 0.15) is 12.8 Å². The van der Waals surface area contributed by atoms with Gasteiger partial charge in [-0.2, -0.15) is 0 Å². The lowest BCUT2D eigenvalue weighted by Gasteiger charge is -2.08. The molecule has 1 aromatic carbocycles. The van der Waals surface area contributed by atoms with Gasteiger partial charge in [-0.1, -0.05) is 30.0 Å². The number of nitrogens with two attached hydrogens (primary N) is 1. The molecule has 0 atom stereocenters. The average Bonchev–Trinajstić information content (AvgIpc) is 3.36. The second kappa shape index (κ2) is 9.98. The summed E-state index contributed by atoms with van der Waals surface area (Å²) in [6.45, 7) is 0.334. The topological polar surface area (TPSA) is 146 Å². The number of nitro groups is 1. The van der Waals surface area contributed by atoms with Crippen LogP contribution in [0.3, 0.4) is 0 Å². The first kappa shape index (κ1) is 21.5. The third kappa shape index (κ3) is 5.42. The summed E-state index contributed by atoms with van der Waals surface area (Å²) in [5.41, 5.74) is 5.27. The van der Waals surface area contributed by atoms with Crippen molar-refractivity contribution in [2.45, 2.75) is 24.5 Å². The molecule has 0 aliphatic carbocycles. The Balaban J connectivity index is 1.64. The first-order chi connectivity index (χ1) is 14.5. The Bertz CT molecular complexity index is 1050. The highest BCUT2D eigenvalue weighted by molar-refractivity contribution is 7.99. The number of rotatable bonds is 10. The van der Waals surface area contributed by atoms with Gasteiger partial charge in [-0.3, -0.25) is 19.7 Å². The average molecular weight is 447 g/mol. The second-order valence-corrected chi connectivity index (χ2v) is 8.08. The van der Waals surface area contributed by atoms with E-state index in [1.807, 2.05) is 17.5 Å². The molecular formula is C18H18N6O4S2. The molecule has 0 unspecified atom stereocenters. The Morgan fingerprint density at radius 1 is 1.20 bits per heavy atom. The summed E-state index contributed by atoms with van der Waals surface area (Å²) in [7, 11) is 0. The van der Waals surface area contributed by atoms with Gasteiger partial charge in [0.05, 0.1) is 9.80 Å². The number of nitro benzene ring substituents is 1. The fourth-order valence-corrected chi connectivity index (χ4v) is 4.21. The number of nitrogens with one attached hydrogen (secondary N) is 1. The standard InChI is InChI=1S/C18H18N6O4S2/c19-15(25)7-9-23-17(14-6-3-10-29-14)21-22-18(23)30-11-8-16(26)20-12-4-1-2-5-13(12)24(27)28/h1-6,10H,7-9,11H2,(H2,19,25)(H,20,26). The van der Waals surface area contributed by atoms with Crippen LogP contribution in [-0.2, 0) is 16.1 Å². The lowest BCUT2D eigenvalue weighted by molar-refractivity contribution is -0.383. The molecule has 12 heteroatoms. The van der Waals surface area contributed by atoms with E-state index in [1.165, 1.54) is 41.3 Å². The van der Waals surface area contributed by atoms with Crippen LogP contribution < -0.4 is 11.1 Å². The van der Waals surface area contributed by atoms with Crippen LogP contribution in [0.25, 0.3) is 10.7 Å². The van der Waals surface area contributed by atoms with E-state index in [-0.39, 0.29) is 30.1 Å². The Labute approximate surface area is 179 Å². The van der Waals surface area contributed by atoms with E-state index >= 15 is 0 Å². The first-order valence-corrected chi connectivity index (χ1v) is 10.7. The number of hydrogen-bond donors (Lipinski definition) is 2. The third-order valence-electron chi connectivity index (χ3n) is 3.98. The molecule has 156 valence electrons. The maximum Gasteiger partial charge on any atom is 0.292 e.